The Bertz CT molecular complexity index is 1430. The van der Waals surface area contributed by atoms with E-state index in [1.165, 1.54) is 50.1 Å². The maximum atomic E-state index is 2.47. The van der Waals surface area contributed by atoms with Crippen molar-refractivity contribution >= 4 is 8.78 Å². The number of fused-ring (bicyclic) bond motifs is 3. The summed E-state index contributed by atoms with van der Waals surface area (Å²) >= 11 is -1.10. The summed E-state index contributed by atoms with van der Waals surface area (Å²) in [6.07, 6.45) is 7.88. The van der Waals surface area contributed by atoms with Crippen LogP contribution in [-0.4, -0.2) is 3.21 Å². The molecule has 1 heteroatoms. The molecule has 0 heterocycles. The topological polar surface area (TPSA) is 0 Å². The molecule has 6 rings (SSSR count). The van der Waals surface area contributed by atoms with Gasteiger partial charge >= 0.3 is 215 Å². The molecule has 2 aliphatic rings. The quantitative estimate of drug-likeness (QED) is 0.258. The van der Waals surface area contributed by atoms with Crippen molar-refractivity contribution in [2.45, 2.75) is 23.9 Å². The van der Waals surface area contributed by atoms with Gasteiger partial charge in [0, 0.05) is 0 Å². The van der Waals surface area contributed by atoms with Crippen molar-refractivity contribution in [1.82, 2.24) is 0 Å². The summed E-state index contributed by atoms with van der Waals surface area (Å²) in [6, 6.07) is 33.9. The van der Waals surface area contributed by atoms with Crippen molar-refractivity contribution in [3.05, 3.63) is 148 Å². The van der Waals surface area contributed by atoms with Gasteiger partial charge in [-0.1, -0.05) is 0 Å². The number of allylic oxidation sites excluding steroid dienone is 4. The van der Waals surface area contributed by atoms with Crippen molar-refractivity contribution in [1.29, 1.82) is 0 Å². The molecule has 34 heavy (non-hydrogen) atoms. The third kappa shape index (κ3) is 3.68. The Labute approximate surface area is 213 Å². The molecule has 0 amide bonds. The molecule has 1 unspecified atom stereocenters. The minimum absolute atomic E-state index is 0.501. The molecule has 0 spiro atoms. The molecule has 1 atom stereocenters. The molecule has 0 N–H and O–H groups in total. The first kappa shape index (κ1) is 21.6. The van der Waals surface area contributed by atoms with Crippen LogP contribution in [0.4, 0.5) is 0 Å². The maximum absolute atomic E-state index is 2.47. The second-order valence-electron chi connectivity index (χ2n) is 9.25. The van der Waals surface area contributed by atoms with E-state index in [1.54, 1.807) is 8.77 Å². The average Bonchev–Trinajstić information content (AvgIpc) is 3.53. The van der Waals surface area contributed by atoms with Crippen molar-refractivity contribution in [3.8, 4) is 11.1 Å². The van der Waals surface area contributed by atoms with Crippen LogP contribution < -0.4 is 0 Å². The van der Waals surface area contributed by atoms with Gasteiger partial charge in [-0.2, -0.15) is 0 Å². The molecule has 163 valence electrons. The van der Waals surface area contributed by atoms with Crippen LogP contribution in [0.1, 0.15) is 49.0 Å². The Morgan fingerprint density at radius 2 is 1.41 bits per heavy atom. The van der Waals surface area contributed by atoms with Crippen LogP contribution in [0, 0.1) is 13.8 Å². The third-order valence-electron chi connectivity index (χ3n) is 7.25. The van der Waals surface area contributed by atoms with E-state index < -0.39 is 22.8 Å². The predicted molar refractivity (Wildman–Crippen MR) is 141 cm³/mol. The van der Waals surface area contributed by atoms with E-state index in [9.17, 15) is 0 Å². The Balaban J connectivity index is 1.65. The number of aryl methyl sites for hydroxylation is 1. The van der Waals surface area contributed by atoms with Crippen LogP contribution in [0.2, 0.25) is 0 Å². The van der Waals surface area contributed by atoms with Crippen molar-refractivity contribution in [2.24, 2.45) is 0 Å². The molecule has 2 aliphatic carbocycles. The zero-order chi connectivity index (χ0) is 23.1. The van der Waals surface area contributed by atoms with Crippen LogP contribution in [0.3, 0.4) is 0 Å². The van der Waals surface area contributed by atoms with E-state index in [4.69, 9.17) is 0 Å². The number of benzene rings is 4. The summed E-state index contributed by atoms with van der Waals surface area (Å²) in [4.78, 5) is 0. The van der Waals surface area contributed by atoms with Crippen LogP contribution in [0.5, 0.6) is 0 Å². The normalized spacial score (nSPS) is 15.5. The van der Waals surface area contributed by atoms with Crippen LogP contribution in [0.15, 0.2) is 109 Å². The second-order valence-corrected chi connectivity index (χ2v) is 12.6. The van der Waals surface area contributed by atoms with Crippen molar-refractivity contribution in [2.75, 3.05) is 0 Å². The van der Waals surface area contributed by atoms with Gasteiger partial charge in [0.05, 0.1) is 0 Å². The van der Waals surface area contributed by atoms with Gasteiger partial charge in [0.2, 0.25) is 0 Å². The van der Waals surface area contributed by atoms with Gasteiger partial charge in [-0.05, 0) is 0 Å². The van der Waals surface area contributed by atoms with Crippen LogP contribution in [0.25, 0.3) is 16.7 Å². The third-order valence-corrected chi connectivity index (χ3v) is 11.6. The molecule has 0 bridgehead atoms. The Hall–Kier alpha value is -2.89. The van der Waals surface area contributed by atoms with E-state index in [1.807, 2.05) is 0 Å². The molecule has 4 aromatic rings. The van der Waals surface area contributed by atoms with E-state index in [0.717, 1.165) is 6.42 Å². The Morgan fingerprint density at radius 1 is 0.765 bits per heavy atom. The van der Waals surface area contributed by atoms with Crippen LogP contribution >= 0.6 is 0 Å². The molecular weight excluding hydrogens is 488 g/mol. The van der Waals surface area contributed by atoms with Gasteiger partial charge in [-0.25, -0.2) is 0 Å². The standard InChI is InChI=1S/C20H17.C13H10.Zr/c1-13-11-18(15-7-3-4-8-15)19-12-16-9-5-6-10-17(16)20(19)14(13)2;1-3-7-12(8-4-1)11-13-9-5-2-6-10-13;/h3-7,9-12H,8H2,1-2H3;1-10H;. The summed E-state index contributed by atoms with van der Waals surface area (Å²) in [5.41, 5.74) is 14.7. The van der Waals surface area contributed by atoms with Crippen molar-refractivity contribution in [3.63, 3.8) is 0 Å². The summed E-state index contributed by atoms with van der Waals surface area (Å²) < 4.78 is 2.08. The molecule has 0 fully saturated rings. The summed E-state index contributed by atoms with van der Waals surface area (Å²) in [6.45, 7) is 4.60. The fourth-order valence-corrected chi connectivity index (χ4v) is 9.91. The van der Waals surface area contributed by atoms with E-state index in [2.05, 4.69) is 123 Å². The van der Waals surface area contributed by atoms with Gasteiger partial charge in [-0.15, -0.1) is 0 Å². The average molecular weight is 515 g/mol. The fraction of sp³-hybridized carbons (Fsp3) is 0.121. The fourth-order valence-electron chi connectivity index (χ4n) is 5.47. The predicted octanol–water partition coefficient (Wildman–Crippen LogP) is 8.07. The molecule has 0 saturated heterocycles. The summed E-state index contributed by atoms with van der Waals surface area (Å²) in [7, 11) is 0. The zero-order valence-corrected chi connectivity index (χ0v) is 22.1. The van der Waals surface area contributed by atoms with Gasteiger partial charge in [0.15, 0.2) is 0 Å². The molecule has 0 aromatic heterocycles. The monoisotopic (exact) mass is 513 g/mol. The second kappa shape index (κ2) is 9.05. The van der Waals surface area contributed by atoms with E-state index in [0.29, 0.717) is 3.63 Å². The zero-order valence-electron chi connectivity index (χ0n) is 19.7. The molecule has 0 radical (unpaired) electrons. The Morgan fingerprint density at radius 3 is 2.06 bits per heavy atom. The SMILES string of the molecule is Cc1cc(C2=CC=CC2)c2c(c1C)-c1ccccc1[CH]2[Zr]=[C](c1ccccc1)c1ccccc1. The molecule has 0 aliphatic heterocycles. The number of rotatable bonds is 4. The molecular formula is C33H27Zr. The van der Waals surface area contributed by atoms with Crippen molar-refractivity contribution < 1.29 is 22.8 Å². The number of hydrogen-bond acceptors (Lipinski definition) is 0. The van der Waals surface area contributed by atoms with E-state index >= 15 is 0 Å². The van der Waals surface area contributed by atoms with E-state index in [-0.39, 0.29) is 0 Å². The molecule has 0 saturated carbocycles. The molecule has 4 aromatic carbocycles. The van der Waals surface area contributed by atoms with Gasteiger partial charge in [0.1, 0.15) is 0 Å². The summed E-state index contributed by atoms with van der Waals surface area (Å²) in [5, 5.41) is 0. The minimum atomic E-state index is -1.10. The first-order chi connectivity index (χ1) is 16.7. The first-order valence-electron chi connectivity index (χ1n) is 12.1. The van der Waals surface area contributed by atoms with Crippen LogP contribution in [-0.2, 0) is 22.8 Å². The molecule has 0 nitrogen and oxygen atoms in total. The summed E-state index contributed by atoms with van der Waals surface area (Å²) in [5.74, 6) is 0. The van der Waals surface area contributed by atoms with Gasteiger partial charge in [-0.3, -0.25) is 0 Å². The van der Waals surface area contributed by atoms with Gasteiger partial charge < -0.3 is 0 Å². The number of hydrogen-bond donors (Lipinski definition) is 0. The van der Waals surface area contributed by atoms with Gasteiger partial charge in [0.25, 0.3) is 0 Å². The first-order valence-corrected chi connectivity index (χ1v) is 14.7. The Kier molecular flexibility index (Phi) is 5.76.